The van der Waals surface area contributed by atoms with Gasteiger partial charge < -0.3 is 5.32 Å². The van der Waals surface area contributed by atoms with Crippen LogP contribution in [-0.4, -0.2) is 35.2 Å². The van der Waals surface area contributed by atoms with E-state index in [0.717, 1.165) is 29.7 Å². The Morgan fingerprint density at radius 3 is 2.29 bits per heavy atom. The molecule has 4 nitrogen and oxygen atoms in total. The highest BCUT2D eigenvalue weighted by Gasteiger charge is 2.40. The zero-order valence-electron chi connectivity index (χ0n) is 12.7. The standard InChI is InChI=1S/C17H22N2O2/c1-11-5-12(2)7-13(6-11)18-17(21)10-19-14-3-4-15(19)9-16(20)8-14/h5-7,14-15H,3-4,8-10H2,1-2H3,(H,18,21). The van der Waals surface area contributed by atoms with E-state index >= 15 is 0 Å². The molecule has 1 aromatic carbocycles. The van der Waals surface area contributed by atoms with E-state index < -0.39 is 0 Å². The molecule has 2 aliphatic heterocycles. The van der Waals surface area contributed by atoms with Gasteiger partial charge in [-0.1, -0.05) is 6.07 Å². The molecule has 0 radical (unpaired) electrons. The Bertz CT molecular complexity index is 546. The molecule has 1 N–H and O–H groups in total. The van der Waals surface area contributed by atoms with Gasteiger partial charge in [-0.05, 0) is 49.9 Å². The topological polar surface area (TPSA) is 49.4 Å². The minimum Gasteiger partial charge on any atom is -0.325 e. The molecular formula is C17H22N2O2. The van der Waals surface area contributed by atoms with Crippen LogP contribution in [0, 0.1) is 13.8 Å². The maximum atomic E-state index is 12.3. The lowest BCUT2D eigenvalue weighted by Crippen LogP contribution is -2.46. The van der Waals surface area contributed by atoms with Crippen LogP contribution in [0.5, 0.6) is 0 Å². The van der Waals surface area contributed by atoms with Crippen molar-refractivity contribution in [1.82, 2.24) is 4.90 Å². The van der Waals surface area contributed by atoms with E-state index in [-0.39, 0.29) is 18.0 Å². The third kappa shape index (κ3) is 3.16. The minimum absolute atomic E-state index is 0.0197. The van der Waals surface area contributed by atoms with E-state index in [1.165, 1.54) is 0 Å². The molecule has 2 fully saturated rings. The zero-order valence-corrected chi connectivity index (χ0v) is 12.7. The molecule has 4 heteroatoms. The first-order valence-electron chi connectivity index (χ1n) is 7.67. The number of anilines is 1. The van der Waals surface area contributed by atoms with Crippen LogP contribution in [0.1, 0.15) is 36.8 Å². The number of benzene rings is 1. The van der Waals surface area contributed by atoms with Crippen molar-refractivity contribution in [3.05, 3.63) is 29.3 Å². The van der Waals surface area contributed by atoms with Gasteiger partial charge >= 0.3 is 0 Å². The molecule has 1 aromatic rings. The van der Waals surface area contributed by atoms with Crippen LogP contribution in [0.15, 0.2) is 18.2 Å². The first-order chi connectivity index (χ1) is 10.0. The molecule has 2 aliphatic rings. The third-order valence-electron chi connectivity index (χ3n) is 4.53. The number of aryl methyl sites for hydroxylation is 2. The molecule has 21 heavy (non-hydrogen) atoms. The molecule has 0 aliphatic carbocycles. The van der Waals surface area contributed by atoms with E-state index in [1.54, 1.807) is 0 Å². The fourth-order valence-electron chi connectivity index (χ4n) is 3.73. The average Bonchev–Trinajstić information content (AvgIpc) is 2.61. The van der Waals surface area contributed by atoms with Crippen LogP contribution in [-0.2, 0) is 9.59 Å². The van der Waals surface area contributed by atoms with Crippen LogP contribution < -0.4 is 5.32 Å². The summed E-state index contributed by atoms with van der Waals surface area (Å²) in [6.07, 6.45) is 3.33. The number of piperidine rings is 1. The van der Waals surface area contributed by atoms with E-state index in [1.807, 2.05) is 26.0 Å². The number of amides is 1. The Morgan fingerprint density at radius 1 is 1.14 bits per heavy atom. The van der Waals surface area contributed by atoms with Gasteiger partial charge in [-0.15, -0.1) is 0 Å². The van der Waals surface area contributed by atoms with E-state index in [9.17, 15) is 9.59 Å². The molecule has 2 atom stereocenters. The first kappa shape index (κ1) is 14.3. The number of carbonyl (C=O) groups excluding carboxylic acids is 2. The Labute approximate surface area is 125 Å². The maximum absolute atomic E-state index is 12.3. The molecule has 2 heterocycles. The molecule has 1 amide bonds. The SMILES string of the molecule is Cc1cc(C)cc(NC(=O)CN2C3CCC2CC(=O)C3)c1. The number of rotatable bonds is 3. The van der Waals surface area contributed by atoms with Crippen molar-refractivity contribution < 1.29 is 9.59 Å². The number of hydrogen-bond donors (Lipinski definition) is 1. The quantitative estimate of drug-likeness (QED) is 0.928. The molecule has 112 valence electrons. The predicted octanol–water partition coefficient (Wildman–Crippen LogP) is 2.44. The van der Waals surface area contributed by atoms with Gasteiger partial charge in [0.2, 0.25) is 5.91 Å². The van der Waals surface area contributed by atoms with Gasteiger partial charge in [-0.25, -0.2) is 0 Å². The van der Waals surface area contributed by atoms with Crippen molar-refractivity contribution >= 4 is 17.4 Å². The number of hydrogen-bond acceptors (Lipinski definition) is 3. The lowest BCUT2D eigenvalue weighted by Gasteiger charge is -2.33. The Hall–Kier alpha value is -1.68. The van der Waals surface area contributed by atoms with Gasteiger partial charge in [0, 0.05) is 30.6 Å². The molecule has 2 saturated heterocycles. The molecular weight excluding hydrogens is 264 g/mol. The minimum atomic E-state index is 0.0197. The molecule has 3 rings (SSSR count). The van der Waals surface area contributed by atoms with Gasteiger partial charge in [0.25, 0.3) is 0 Å². The van der Waals surface area contributed by atoms with Crippen molar-refractivity contribution in [2.75, 3.05) is 11.9 Å². The smallest absolute Gasteiger partial charge is 0.238 e. The zero-order chi connectivity index (χ0) is 15.0. The number of carbonyl (C=O) groups is 2. The summed E-state index contributed by atoms with van der Waals surface area (Å²) in [5.41, 5.74) is 3.15. The van der Waals surface area contributed by atoms with Crippen molar-refractivity contribution in [2.24, 2.45) is 0 Å². The van der Waals surface area contributed by atoms with Crippen molar-refractivity contribution in [2.45, 2.75) is 51.6 Å². The second kappa shape index (κ2) is 5.60. The summed E-state index contributed by atoms with van der Waals surface area (Å²) < 4.78 is 0. The average molecular weight is 286 g/mol. The number of Topliss-reactive ketones (excluding diaryl/α,β-unsaturated/α-hetero) is 1. The van der Waals surface area contributed by atoms with Gasteiger partial charge in [0.15, 0.2) is 0 Å². The van der Waals surface area contributed by atoms with E-state index in [4.69, 9.17) is 0 Å². The molecule has 0 spiro atoms. The van der Waals surface area contributed by atoms with Crippen LogP contribution in [0.4, 0.5) is 5.69 Å². The molecule has 0 aromatic heterocycles. The van der Waals surface area contributed by atoms with Crippen molar-refractivity contribution in [3.63, 3.8) is 0 Å². The van der Waals surface area contributed by atoms with Crippen molar-refractivity contribution in [1.29, 1.82) is 0 Å². The van der Waals surface area contributed by atoms with Gasteiger partial charge in [-0.3, -0.25) is 14.5 Å². The lowest BCUT2D eigenvalue weighted by atomic mass is 10.0. The summed E-state index contributed by atoms with van der Waals surface area (Å²) >= 11 is 0. The lowest BCUT2D eigenvalue weighted by molar-refractivity contribution is -0.126. The Kier molecular flexibility index (Phi) is 3.81. The summed E-state index contributed by atoms with van der Waals surface area (Å²) in [7, 11) is 0. The van der Waals surface area contributed by atoms with Crippen LogP contribution in [0.25, 0.3) is 0 Å². The van der Waals surface area contributed by atoms with Crippen molar-refractivity contribution in [3.8, 4) is 0 Å². The van der Waals surface area contributed by atoms with Crippen LogP contribution in [0.3, 0.4) is 0 Å². The number of fused-ring (bicyclic) bond motifs is 2. The fraction of sp³-hybridized carbons (Fsp3) is 0.529. The summed E-state index contributed by atoms with van der Waals surface area (Å²) in [5.74, 6) is 0.375. The van der Waals surface area contributed by atoms with Crippen LogP contribution >= 0.6 is 0 Å². The molecule has 2 bridgehead atoms. The normalized spacial score (nSPS) is 25.1. The Morgan fingerprint density at radius 2 is 1.71 bits per heavy atom. The third-order valence-corrected chi connectivity index (χ3v) is 4.53. The number of ketones is 1. The summed E-state index contributed by atoms with van der Waals surface area (Å²) in [4.78, 5) is 26.1. The molecule has 2 unspecified atom stereocenters. The highest BCUT2D eigenvalue weighted by atomic mass is 16.2. The molecule has 0 saturated carbocycles. The first-order valence-corrected chi connectivity index (χ1v) is 7.67. The monoisotopic (exact) mass is 286 g/mol. The van der Waals surface area contributed by atoms with E-state index in [0.29, 0.717) is 25.2 Å². The summed E-state index contributed by atoms with van der Waals surface area (Å²) in [6.45, 7) is 4.45. The highest BCUT2D eigenvalue weighted by Crippen LogP contribution is 2.33. The second-order valence-corrected chi connectivity index (χ2v) is 6.43. The maximum Gasteiger partial charge on any atom is 0.238 e. The predicted molar refractivity (Wildman–Crippen MR) is 82.3 cm³/mol. The number of nitrogens with one attached hydrogen (secondary N) is 1. The van der Waals surface area contributed by atoms with Gasteiger partial charge in [0.05, 0.1) is 6.54 Å². The largest absolute Gasteiger partial charge is 0.325 e. The summed E-state index contributed by atoms with van der Waals surface area (Å²) in [5, 5.41) is 2.99. The second-order valence-electron chi connectivity index (χ2n) is 6.43. The fourth-order valence-corrected chi connectivity index (χ4v) is 3.73. The van der Waals surface area contributed by atoms with Crippen LogP contribution in [0.2, 0.25) is 0 Å². The summed E-state index contributed by atoms with van der Waals surface area (Å²) in [6, 6.07) is 6.62. The Balaban J connectivity index is 1.63. The highest BCUT2D eigenvalue weighted by molar-refractivity contribution is 5.92. The van der Waals surface area contributed by atoms with Gasteiger partial charge in [-0.2, -0.15) is 0 Å². The number of nitrogens with zero attached hydrogens (tertiary/aromatic N) is 1. The van der Waals surface area contributed by atoms with Gasteiger partial charge in [0.1, 0.15) is 5.78 Å². The van der Waals surface area contributed by atoms with E-state index in [2.05, 4.69) is 16.3 Å².